The molecule has 2 aromatic carbocycles. The minimum atomic E-state index is -0.319. The van der Waals surface area contributed by atoms with Gasteiger partial charge in [-0.15, -0.1) is 5.10 Å². The topological polar surface area (TPSA) is 80.1 Å². The molecule has 1 saturated heterocycles. The summed E-state index contributed by atoms with van der Waals surface area (Å²) < 4.78 is 1.81. The number of anilines is 2. The SMILES string of the molecule is Cc1ccc([C@@H]2C[C@H](c3ccc(Cl)cc3)Nc3nc(N4C(=O)[C@H]5CC=CC[C@@H]5C4=O)nn32)cc1. The average molecular weight is 474 g/mol. The molecule has 0 saturated carbocycles. The van der Waals surface area contributed by atoms with E-state index < -0.39 is 0 Å². The van der Waals surface area contributed by atoms with Crippen LogP contribution in [0.3, 0.4) is 0 Å². The minimum Gasteiger partial charge on any atom is -0.347 e. The van der Waals surface area contributed by atoms with E-state index in [4.69, 9.17) is 16.7 Å². The Morgan fingerprint density at radius 3 is 2.18 bits per heavy atom. The summed E-state index contributed by atoms with van der Waals surface area (Å²) in [6.07, 6.45) is 5.86. The van der Waals surface area contributed by atoms with Crippen molar-refractivity contribution < 1.29 is 9.59 Å². The molecule has 2 amide bonds. The van der Waals surface area contributed by atoms with Gasteiger partial charge in [0.25, 0.3) is 5.95 Å². The maximum atomic E-state index is 13.1. The predicted octanol–water partition coefficient (Wildman–Crippen LogP) is 4.84. The Hall–Kier alpha value is -3.45. The highest BCUT2D eigenvalue weighted by atomic mass is 35.5. The molecule has 172 valence electrons. The lowest BCUT2D eigenvalue weighted by Gasteiger charge is -2.31. The third-order valence-electron chi connectivity index (χ3n) is 7.12. The molecule has 4 atom stereocenters. The number of imide groups is 1. The van der Waals surface area contributed by atoms with Crippen LogP contribution in [0.15, 0.2) is 60.7 Å². The molecule has 1 aliphatic carbocycles. The lowest BCUT2D eigenvalue weighted by molar-refractivity contribution is -0.122. The number of fused-ring (bicyclic) bond motifs is 2. The normalized spacial score (nSPS) is 25.8. The van der Waals surface area contributed by atoms with Gasteiger partial charge >= 0.3 is 0 Å². The molecule has 0 unspecified atom stereocenters. The van der Waals surface area contributed by atoms with Crippen LogP contribution in [0.2, 0.25) is 5.02 Å². The van der Waals surface area contributed by atoms with Crippen LogP contribution in [-0.4, -0.2) is 26.6 Å². The number of amides is 2. The van der Waals surface area contributed by atoms with E-state index in [1.54, 1.807) is 0 Å². The fourth-order valence-corrected chi connectivity index (χ4v) is 5.36. The van der Waals surface area contributed by atoms with E-state index in [9.17, 15) is 9.59 Å². The fourth-order valence-electron chi connectivity index (χ4n) is 5.24. The number of nitrogens with zero attached hydrogens (tertiary/aromatic N) is 4. The van der Waals surface area contributed by atoms with E-state index in [-0.39, 0.29) is 41.7 Å². The minimum absolute atomic E-state index is 0.0233. The summed E-state index contributed by atoms with van der Waals surface area (Å²) >= 11 is 6.11. The number of hydrogen-bond donors (Lipinski definition) is 1. The lowest BCUT2D eigenvalue weighted by Crippen LogP contribution is -2.32. The zero-order valence-electron chi connectivity index (χ0n) is 18.7. The Bertz CT molecular complexity index is 1270. The van der Waals surface area contributed by atoms with Gasteiger partial charge in [0, 0.05) is 5.02 Å². The molecule has 3 aliphatic rings. The number of allylic oxidation sites excluding steroid dienone is 2. The van der Waals surface area contributed by atoms with Gasteiger partial charge in [-0.2, -0.15) is 4.98 Å². The second-order valence-electron chi connectivity index (χ2n) is 9.26. The molecule has 1 N–H and O–H groups in total. The highest BCUT2D eigenvalue weighted by Crippen LogP contribution is 2.41. The van der Waals surface area contributed by atoms with Crippen LogP contribution in [0.1, 0.15) is 48.0 Å². The van der Waals surface area contributed by atoms with Crippen molar-refractivity contribution in [1.82, 2.24) is 14.8 Å². The molecule has 1 fully saturated rings. The monoisotopic (exact) mass is 473 g/mol. The maximum Gasteiger partial charge on any atom is 0.260 e. The Labute approximate surface area is 202 Å². The van der Waals surface area contributed by atoms with Crippen molar-refractivity contribution in [2.45, 2.75) is 38.3 Å². The standard InChI is InChI=1S/C26H24ClN5O2/c1-15-6-8-17(9-7-15)22-14-21(16-10-12-18(27)13-11-16)28-25-29-26(30-32(22)25)31-23(33)19-4-2-3-5-20(19)24(31)34/h2-3,6-13,19-22H,4-5,14H2,1H3,(H,28,29,30)/t19-,20-,21+,22-/m0/s1. The van der Waals surface area contributed by atoms with Crippen molar-refractivity contribution in [3.63, 3.8) is 0 Å². The van der Waals surface area contributed by atoms with Crippen molar-refractivity contribution in [3.8, 4) is 0 Å². The summed E-state index contributed by atoms with van der Waals surface area (Å²) in [5, 5.41) is 8.85. The van der Waals surface area contributed by atoms with Gasteiger partial charge in [-0.25, -0.2) is 9.58 Å². The molecule has 34 heavy (non-hydrogen) atoms. The first-order chi connectivity index (χ1) is 16.5. The Morgan fingerprint density at radius 1 is 0.912 bits per heavy atom. The largest absolute Gasteiger partial charge is 0.347 e. The van der Waals surface area contributed by atoms with E-state index in [2.05, 4.69) is 41.5 Å². The number of aryl methyl sites for hydroxylation is 1. The van der Waals surface area contributed by atoms with Crippen LogP contribution in [0.5, 0.6) is 0 Å². The molecule has 1 aromatic heterocycles. The number of aromatic nitrogens is 3. The molecule has 6 rings (SSSR count). The van der Waals surface area contributed by atoms with Crippen LogP contribution < -0.4 is 10.2 Å². The van der Waals surface area contributed by atoms with Gasteiger partial charge in [-0.05, 0) is 49.4 Å². The maximum absolute atomic E-state index is 13.1. The molecule has 0 spiro atoms. The number of carbonyl (C=O) groups is 2. The van der Waals surface area contributed by atoms with Gasteiger partial charge in [0.2, 0.25) is 17.8 Å². The summed E-state index contributed by atoms with van der Waals surface area (Å²) in [7, 11) is 0. The Kier molecular flexibility index (Phi) is 5.03. The number of nitrogens with one attached hydrogen (secondary N) is 1. The fraction of sp³-hybridized carbons (Fsp3) is 0.308. The number of rotatable bonds is 3. The van der Waals surface area contributed by atoms with Gasteiger partial charge in [0.15, 0.2) is 0 Å². The highest BCUT2D eigenvalue weighted by molar-refractivity contribution is 6.30. The smallest absolute Gasteiger partial charge is 0.260 e. The van der Waals surface area contributed by atoms with Gasteiger partial charge in [0.05, 0.1) is 23.9 Å². The highest BCUT2D eigenvalue weighted by Gasteiger charge is 2.49. The molecular formula is C26H24ClN5O2. The van der Waals surface area contributed by atoms with Gasteiger partial charge < -0.3 is 5.32 Å². The van der Waals surface area contributed by atoms with Crippen LogP contribution in [0.25, 0.3) is 0 Å². The quantitative estimate of drug-likeness (QED) is 0.435. The third-order valence-corrected chi connectivity index (χ3v) is 7.37. The van der Waals surface area contributed by atoms with E-state index in [0.29, 0.717) is 23.8 Å². The summed E-state index contributed by atoms with van der Waals surface area (Å²) in [5.74, 6) is -0.352. The number of halogens is 1. The van der Waals surface area contributed by atoms with Crippen molar-refractivity contribution in [2.75, 3.05) is 10.2 Å². The Balaban J connectivity index is 1.40. The van der Waals surface area contributed by atoms with E-state index in [0.717, 1.165) is 17.5 Å². The van der Waals surface area contributed by atoms with E-state index in [1.807, 2.05) is 41.1 Å². The van der Waals surface area contributed by atoms with Gasteiger partial charge in [-0.3, -0.25) is 9.59 Å². The Morgan fingerprint density at radius 2 is 1.53 bits per heavy atom. The van der Waals surface area contributed by atoms with Crippen molar-refractivity contribution in [2.24, 2.45) is 11.8 Å². The molecule has 7 nitrogen and oxygen atoms in total. The average Bonchev–Trinajstić information content (AvgIpc) is 3.38. The van der Waals surface area contributed by atoms with Crippen LogP contribution in [0.4, 0.5) is 11.9 Å². The number of carbonyl (C=O) groups excluding carboxylic acids is 2. The molecule has 0 bridgehead atoms. The summed E-state index contributed by atoms with van der Waals surface area (Å²) in [6.45, 7) is 2.06. The molecule has 2 aliphatic heterocycles. The van der Waals surface area contributed by atoms with E-state index in [1.165, 1.54) is 10.5 Å². The first kappa shape index (κ1) is 21.1. The first-order valence-corrected chi connectivity index (χ1v) is 12.0. The summed E-state index contributed by atoms with van der Waals surface area (Å²) in [4.78, 5) is 32.1. The first-order valence-electron chi connectivity index (χ1n) is 11.6. The van der Waals surface area contributed by atoms with Gasteiger partial charge in [0.1, 0.15) is 0 Å². The van der Waals surface area contributed by atoms with Gasteiger partial charge in [-0.1, -0.05) is 65.7 Å². The van der Waals surface area contributed by atoms with Crippen molar-refractivity contribution in [3.05, 3.63) is 82.4 Å². The zero-order valence-corrected chi connectivity index (χ0v) is 19.4. The second-order valence-corrected chi connectivity index (χ2v) is 9.69. The molecule has 3 heterocycles. The van der Waals surface area contributed by atoms with Crippen LogP contribution in [0, 0.1) is 18.8 Å². The lowest BCUT2D eigenvalue weighted by atomic mass is 9.85. The second kappa shape index (κ2) is 8.09. The zero-order chi connectivity index (χ0) is 23.4. The summed E-state index contributed by atoms with van der Waals surface area (Å²) in [6, 6.07) is 16.0. The van der Waals surface area contributed by atoms with E-state index >= 15 is 0 Å². The van der Waals surface area contributed by atoms with Crippen LogP contribution >= 0.6 is 11.6 Å². The molecule has 0 radical (unpaired) electrons. The van der Waals surface area contributed by atoms with Crippen molar-refractivity contribution in [1.29, 1.82) is 0 Å². The third kappa shape index (κ3) is 3.42. The van der Waals surface area contributed by atoms with Crippen LogP contribution in [-0.2, 0) is 9.59 Å². The number of hydrogen-bond acceptors (Lipinski definition) is 5. The van der Waals surface area contributed by atoms with Crippen molar-refractivity contribution >= 4 is 35.3 Å². The predicted molar refractivity (Wildman–Crippen MR) is 130 cm³/mol. The molecule has 3 aromatic rings. The molecular weight excluding hydrogens is 450 g/mol. The molecule has 8 heteroatoms. The number of benzene rings is 2. The summed E-state index contributed by atoms with van der Waals surface area (Å²) in [5.41, 5.74) is 3.36.